The summed E-state index contributed by atoms with van der Waals surface area (Å²) < 4.78 is 0. The van der Waals surface area contributed by atoms with Crippen LogP contribution in [-0.4, -0.2) is 9.97 Å². The highest BCUT2D eigenvalue weighted by Gasteiger charge is 2.03. The maximum atomic E-state index is 11.3. The maximum Gasteiger partial charge on any atom is 0.251 e. The summed E-state index contributed by atoms with van der Waals surface area (Å²) in [6.45, 7) is 0. The summed E-state index contributed by atoms with van der Waals surface area (Å²) >= 11 is 5.65. The molecule has 0 unspecified atom stereocenters. The molecule has 1 aromatic heterocycles. The van der Waals surface area contributed by atoms with Crippen molar-refractivity contribution in [3.63, 3.8) is 0 Å². The number of H-pyrrole nitrogens is 1. The topological polar surface area (TPSA) is 71.8 Å². The summed E-state index contributed by atoms with van der Waals surface area (Å²) in [5.74, 6) is 0.717. The second-order valence-corrected chi connectivity index (χ2v) is 3.61. The van der Waals surface area contributed by atoms with Crippen molar-refractivity contribution in [1.82, 2.24) is 9.97 Å². The molecule has 0 bridgehead atoms. The number of anilines is 1. The molecule has 5 heteroatoms. The predicted octanol–water partition coefficient (Wildman–Crippen LogP) is 1.76. The number of benzene rings is 1. The Hall–Kier alpha value is -1.81. The Morgan fingerprint density at radius 1 is 1.31 bits per heavy atom. The third-order valence-electron chi connectivity index (χ3n) is 2.12. The first-order valence-electron chi connectivity index (χ1n) is 4.71. The Bertz CT molecular complexity index is 548. The van der Waals surface area contributed by atoms with Gasteiger partial charge in [0.25, 0.3) is 5.56 Å². The number of nitrogens with zero attached hydrogens (tertiary/aromatic N) is 1. The molecule has 2 rings (SSSR count). The van der Waals surface area contributed by atoms with E-state index in [0.717, 1.165) is 5.56 Å². The van der Waals surface area contributed by atoms with Gasteiger partial charge in [0.1, 0.15) is 5.82 Å². The monoisotopic (exact) mass is 235 g/mol. The number of nitrogens with two attached hydrogens (primary N) is 1. The quantitative estimate of drug-likeness (QED) is 0.615. The van der Waals surface area contributed by atoms with E-state index in [-0.39, 0.29) is 11.4 Å². The molecule has 0 aliphatic carbocycles. The first-order valence-corrected chi connectivity index (χ1v) is 5.24. The fraction of sp³-hybridized carbons (Fsp3) is 0.0909. The van der Waals surface area contributed by atoms with Crippen molar-refractivity contribution in [2.75, 3.05) is 5.73 Å². The molecule has 82 valence electrons. The van der Waals surface area contributed by atoms with Crippen molar-refractivity contribution < 1.29 is 0 Å². The molecule has 4 nitrogen and oxygen atoms in total. The lowest BCUT2D eigenvalue weighted by Gasteiger charge is -2.02. The van der Waals surface area contributed by atoms with Crippen LogP contribution in [0.15, 0.2) is 35.1 Å². The van der Waals surface area contributed by atoms with E-state index in [0.29, 0.717) is 17.2 Å². The van der Waals surface area contributed by atoms with Crippen LogP contribution in [0.4, 0.5) is 5.69 Å². The Kier molecular flexibility index (Phi) is 2.92. The Morgan fingerprint density at radius 2 is 2.00 bits per heavy atom. The van der Waals surface area contributed by atoms with Crippen LogP contribution in [0.3, 0.4) is 0 Å². The van der Waals surface area contributed by atoms with Gasteiger partial charge >= 0.3 is 0 Å². The zero-order valence-corrected chi connectivity index (χ0v) is 9.16. The third-order valence-corrected chi connectivity index (χ3v) is 2.39. The molecule has 0 radical (unpaired) electrons. The van der Waals surface area contributed by atoms with Crippen molar-refractivity contribution in [3.8, 4) is 11.4 Å². The number of hydrogen-bond acceptors (Lipinski definition) is 3. The van der Waals surface area contributed by atoms with Crippen LogP contribution in [0.2, 0.25) is 0 Å². The summed E-state index contributed by atoms with van der Waals surface area (Å²) in [6, 6.07) is 8.48. The average Bonchev–Trinajstić information content (AvgIpc) is 2.29. The predicted molar refractivity (Wildman–Crippen MR) is 64.3 cm³/mol. The molecule has 16 heavy (non-hydrogen) atoms. The summed E-state index contributed by atoms with van der Waals surface area (Å²) in [4.78, 5) is 18.2. The van der Waals surface area contributed by atoms with Gasteiger partial charge in [-0.05, 0) is 24.3 Å². The lowest BCUT2D eigenvalue weighted by molar-refractivity contribution is 1.06. The molecule has 3 N–H and O–H groups in total. The van der Waals surface area contributed by atoms with E-state index < -0.39 is 0 Å². The van der Waals surface area contributed by atoms with Gasteiger partial charge in [-0.2, -0.15) is 0 Å². The second kappa shape index (κ2) is 4.37. The molecule has 0 aliphatic rings. The Morgan fingerprint density at radius 3 is 2.62 bits per heavy atom. The minimum absolute atomic E-state index is 0.211. The minimum Gasteiger partial charge on any atom is -0.399 e. The van der Waals surface area contributed by atoms with Gasteiger partial charge in [0.15, 0.2) is 0 Å². The van der Waals surface area contributed by atoms with Crippen LogP contribution >= 0.6 is 11.6 Å². The van der Waals surface area contributed by atoms with Gasteiger partial charge in [0, 0.05) is 17.3 Å². The van der Waals surface area contributed by atoms with Crippen LogP contribution in [0.1, 0.15) is 5.69 Å². The van der Waals surface area contributed by atoms with E-state index in [4.69, 9.17) is 17.3 Å². The zero-order valence-electron chi connectivity index (χ0n) is 8.40. The van der Waals surface area contributed by atoms with E-state index in [2.05, 4.69) is 9.97 Å². The Balaban J connectivity index is 2.51. The first kappa shape index (κ1) is 10.7. The zero-order chi connectivity index (χ0) is 11.5. The number of hydrogen-bond donors (Lipinski definition) is 2. The lowest BCUT2D eigenvalue weighted by atomic mass is 10.2. The van der Waals surface area contributed by atoms with Crippen molar-refractivity contribution in [2.45, 2.75) is 5.88 Å². The van der Waals surface area contributed by atoms with Crippen LogP contribution in [-0.2, 0) is 5.88 Å². The molecule has 0 fully saturated rings. The van der Waals surface area contributed by atoms with Crippen molar-refractivity contribution >= 4 is 17.3 Å². The molecular weight excluding hydrogens is 226 g/mol. The minimum atomic E-state index is -0.211. The number of nitrogens with one attached hydrogen (secondary N) is 1. The largest absolute Gasteiger partial charge is 0.399 e. The number of aromatic amines is 1. The van der Waals surface area contributed by atoms with Crippen molar-refractivity contribution in [3.05, 3.63) is 46.4 Å². The first-order chi connectivity index (χ1) is 7.69. The van der Waals surface area contributed by atoms with Gasteiger partial charge < -0.3 is 10.7 Å². The molecule has 0 amide bonds. The van der Waals surface area contributed by atoms with Crippen LogP contribution < -0.4 is 11.3 Å². The number of alkyl halides is 1. The van der Waals surface area contributed by atoms with Gasteiger partial charge in [0.2, 0.25) is 0 Å². The fourth-order valence-electron chi connectivity index (χ4n) is 1.35. The molecule has 2 aromatic rings. The van der Waals surface area contributed by atoms with Gasteiger partial charge in [-0.3, -0.25) is 4.79 Å². The van der Waals surface area contributed by atoms with E-state index in [1.807, 2.05) is 0 Å². The van der Waals surface area contributed by atoms with Crippen LogP contribution in [0.5, 0.6) is 0 Å². The van der Waals surface area contributed by atoms with Crippen LogP contribution in [0, 0.1) is 0 Å². The highest BCUT2D eigenvalue weighted by molar-refractivity contribution is 6.16. The number of rotatable bonds is 2. The van der Waals surface area contributed by atoms with Crippen LogP contribution in [0.25, 0.3) is 11.4 Å². The second-order valence-electron chi connectivity index (χ2n) is 3.34. The van der Waals surface area contributed by atoms with E-state index in [1.54, 1.807) is 24.3 Å². The Labute approximate surface area is 97.1 Å². The molecular formula is C11H10ClN3O. The fourth-order valence-corrected chi connectivity index (χ4v) is 1.49. The summed E-state index contributed by atoms with van der Waals surface area (Å²) in [7, 11) is 0. The molecule has 0 saturated heterocycles. The summed E-state index contributed by atoms with van der Waals surface area (Å²) in [5, 5.41) is 0. The molecule has 0 spiro atoms. The average molecular weight is 236 g/mol. The maximum absolute atomic E-state index is 11.3. The van der Waals surface area contributed by atoms with E-state index in [9.17, 15) is 4.79 Å². The number of halogens is 1. The van der Waals surface area contributed by atoms with E-state index >= 15 is 0 Å². The molecule has 0 atom stereocenters. The normalized spacial score (nSPS) is 10.3. The third kappa shape index (κ3) is 2.23. The standard InChI is InChI=1S/C11H10ClN3O/c12-6-9-5-10(16)15-11(14-9)7-1-3-8(13)4-2-7/h1-5H,6,13H2,(H,14,15,16). The van der Waals surface area contributed by atoms with E-state index in [1.165, 1.54) is 6.07 Å². The van der Waals surface area contributed by atoms with Gasteiger partial charge in [0.05, 0.1) is 11.6 Å². The number of aromatic nitrogens is 2. The van der Waals surface area contributed by atoms with Crippen molar-refractivity contribution in [2.24, 2.45) is 0 Å². The lowest BCUT2D eigenvalue weighted by Crippen LogP contribution is -2.09. The van der Waals surface area contributed by atoms with Gasteiger partial charge in [-0.25, -0.2) is 4.98 Å². The molecule has 0 aliphatic heterocycles. The van der Waals surface area contributed by atoms with Gasteiger partial charge in [-0.1, -0.05) is 0 Å². The highest BCUT2D eigenvalue weighted by atomic mass is 35.5. The van der Waals surface area contributed by atoms with Gasteiger partial charge in [-0.15, -0.1) is 11.6 Å². The highest BCUT2D eigenvalue weighted by Crippen LogP contribution is 2.15. The molecule has 1 aromatic carbocycles. The molecule has 0 saturated carbocycles. The van der Waals surface area contributed by atoms with Crippen molar-refractivity contribution in [1.29, 1.82) is 0 Å². The number of nitrogen functional groups attached to an aromatic ring is 1. The molecule has 1 heterocycles. The smallest absolute Gasteiger partial charge is 0.251 e. The summed E-state index contributed by atoms with van der Waals surface area (Å²) in [6.07, 6.45) is 0. The SMILES string of the molecule is Nc1ccc(-c2nc(CCl)cc(=O)[nH]2)cc1. The summed E-state index contributed by atoms with van der Waals surface area (Å²) in [5.41, 5.74) is 7.39.